The second-order valence-corrected chi connectivity index (χ2v) is 7.53. The molecular formula is C22H18N6OS. The van der Waals surface area contributed by atoms with Crippen LogP contribution in [0, 0.1) is 0 Å². The molecule has 0 aliphatic carbocycles. The van der Waals surface area contributed by atoms with Crippen molar-refractivity contribution in [3.8, 4) is 17.4 Å². The van der Waals surface area contributed by atoms with Gasteiger partial charge in [0.05, 0.1) is 18.3 Å². The Morgan fingerprint density at radius 3 is 2.57 bits per heavy atom. The van der Waals surface area contributed by atoms with Crippen molar-refractivity contribution in [3.63, 3.8) is 0 Å². The van der Waals surface area contributed by atoms with Crippen molar-refractivity contribution < 1.29 is 4.74 Å². The van der Waals surface area contributed by atoms with E-state index in [1.54, 1.807) is 23.6 Å². The van der Waals surface area contributed by atoms with Crippen LogP contribution in [0.15, 0.2) is 84.0 Å². The molecule has 148 valence electrons. The molecule has 0 spiro atoms. The van der Waals surface area contributed by atoms with Gasteiger partial charge in [-0.2, -0.15) is 4.68 Å². The number of rotatable bonds is 6. The molecule has 0 N–H and O–H groups in total. The fourth-order valence-electron chi connectivity index (χ4n) is 3.22. The molecule has 3 aromatic carbocycles. The molecule has 0 saturated carbocycles. The SMILES string of the molecule is COc1cccc(CSc2nnc(-n3nnc4ccccc43)n2-c2ccccc2)c1. The van der Waals surface area contributed by atoms with Gasteiger partial charge in [-0.3, -0.25) is 4.57 Å². The topological polar surface area (TPSA) is 70.7 Å². The summed E-state index contributed by atoms with van der Waals surface area (Å²) in [7, 11) is 1.67. The standard InChI is InChI=1S/C22H18N6OS/c1-29-18-11-7-8-16(14-18)15-30-22-25-24-21(27(22)17-9-3-2-4-10-17)28-20-13-6-5-12-19(20)23-26-28/h2-14H,15H2,1H3. The number of thioether (sulfide) groups is 1. The van der Waals surface area contributed by atoms with Crippen LogP contribution in [0.3, 0.4) is 0 Å². The number of hydrogen-bond acceptors (Lipinski definition) is 6. The second-order valence-electron chi connectivity index (χ2n) is 6.58. The van der Waals surface area contributed by atoms with Crippen molar-refractivity contribution in [1.82, 2.24) is 29.8 Å². The van der Waals surface area contributed by atoms with Crippen LogP contribution in [0.4, 0.5) is 0 Å². The monoisotopic (exact) mass is 414 g/mol. The lowest BCUT2D eigenvalue weighted by atomic mass is 10.2. The predicted molar refractivity (Wildman–Crippen MR) is 116 cm³/mol. The Balaban J connectivity index is 1.56. The molecule has 0 aliphatic rings. The molecule has 8 heteroatoms. The summed E-state index contributed by atoms with van der Waals surface area (Å²) >= 11 is 1.61. The Hall–Kier alpha value is -3.65. The molecule has 2 heterocycles. The van der Waals surface area contributed by atoms with Gasteiger partial charge < -0.3 is 4.74 Å². The fourth-order valence-corrected chi connectivity index (χ4v) is 4.11. The Morgan fingerprint density at radius 2 is 1.70 bits per heavy atom. The summed E-state index contributed by atoms with van der Waals surface area (Å²) in [5.41, 5.74) is 3.80. The third kappa shape index (κ3) is 3.42. The molecule has 0 fully saturated rings. The highest BCUT2D eigenvalue weighted by molar-refractivity contribution is 7.98. The van der Waals surface area contributed by atoms with Crippen LogP contribution >= 0.6 is 11.8 Å². The van der Waals surface area contributed by atoms with Gasteiger partial charge in [0.15, 0.2) is 5.16 Å². The van der Waals surface area contributed by atoms with Crippen molar-refractivity contribution in [1.29, 1.82) is 0 Å². The van der Waals surface area contributed by atoms with Gasteiger partial charge in [0.1, 0.15) is 11.3 Å². The number of nitrogens with zero attached hydrogens (tertiary/aromatic N) is 6. The Kier molecular flexibility index (Phi) is 4.90. The molecule has 0 unspecified atom stereocenters. The first-order valence-corrected chi connectivity index (χ1v) is 10.4. The quantitative estimate of drug-likeness (QED) is 0.386. The van der Waals surface area contributed by atoms with Crippen LogP contribution in [0.25, 0.3) is 22.7 Å². The normalized spacial score (nSPS) is 11.1. The summed E-state index contributed by atoms with van der Waals surface area (Å²) in [6.45, 7) is 0. The molecule has 0 atom stereocenters. The number of benzene rings is 3. The number of ether oxygens (including phenoxy) is 1. The first kappa shape index (κ1) is 18.4. The molecule has 2 aromatic heterocycles. The number of hydrogen-bond donors (Lipinski definition) is 0. The lowest BCUT2D eigenvalue weighted by Gasteiger charge is -2.10. The van der Waals surface area contributed by atoms with Gasteiger partial charge in [0, 0.05) is 5.75 Å². The molecule has 5 aromatic rings. The zero-order valence-electron chi connectivity index (χ0n) is 16.2. The van der Waals surface area contributed by atoms with E-state index in [0.29, 0.717) is 5.95 Å². The summed E-state index contributed by atoms with van der Waals surface area (Å²) in [5.74, 6) is 2.18. The van der Waals surface area contributed by atoms with Gasteiger partial charge in [-0.1, -0.05) is 59.4 Å². The number of aromatic nitrogens is 6. The lowest BCUT2D eigenvalue weighted by Crippen LogP contribution is -2.07. The largest absolute Gasteiger partial charge is 0.497 e. The average molecular weight is 414 g/mol. The molecule has 5 rings (SSSR count). The Labute approximate surface area is 177 Å². The zero-order valence-corrected chi connectivity index (χ0v) is 17.0. The van der Waals surface area contributed by atoms with Crippen LogP contribution in [-0.2, 0) is 5.75 Å². The number of para-hydroxylation sites is 2. The molecule has 0 saturated heterocycles. The van der Waals surface area contributed by atoms with Gasteiger partial charge in [-0.05, 0) is 42.0 Å². The maximum absolute atomic E-state index is 5.33. The van der Waals surface area contributed by atoms with Crippen molar-refractivity contribution >= 4 is 22.8 Å². The maximum atomic E-state index is 5.33. The maximum Gasteiger partial charge on any atom is 0.259 e. The van der Waals surface area contributed by atoms with Crippen LogP contribution in [0.1, 0.15) is 5.56 Å². The minimum absolute atomic E-state index is 0.600. The molecule has 0 radical (unpaired) electrons. The first-order chi connectivity index (χ1) is 14.8. The van der Waals surface area contributed by atoms with E-state index >= 15 is 0 Å². The van der Waals surface area contributed by atoms with Crippen LogP contribution in [0.5, 0.6) is 5.75 Å². The van der Waals surface area contributed by atoms with E-state index in [1.807, 2.05) is 77.4 Å². The third-order valence-electron chi connectivity index (χ3n) is 4.67. The molecule has 0 bridgehead atoms. The van der Waals surface area contributed by atoms with Gasteiger partial charge in [0.25, 0.3) is 5.95 Å². The second kappa shape index (κ2) is 8.00. The third-order valence-corrected chi connectivity index (χ3v) is 5.67. The predicted octanol–water partition coefficient (Wildman–Crippen LogP) is 4.30. The summed E-state index contributed by atoms with van der Waals surface area (Å²) in [6, 6.07) is 25.9. The zero-order chi connectivity index (χ0) is 20.3. The minimum atomic E-state index is 0.600. The Morgan fingerprint density at radius 1 is 0.867 bits per heavy atom. The van der Waals surface area contributed by atoms with Crippen LogP contribution in [0.2, 0.25) is 0 Å². The van der Waals surface area contributed by atoms with Gasteiger partial charge >= 0.3 is 0 Å². The van der Waals surface area contributed by atoms with E-state index in [1.165, 1.54) is 0 Å². The van der Waals surface area contributed by atoms with Crippen LogP contribution < -0.4 is 4.74 Å². The fraction of sp³-hybridized carbons (Fsp3) is 0.0909. The van der Waals surface area contributed by atoms with E-state index in [9.17, 15) is 0 Å². The van der Waals surface area contributed by atoms with Crippen molar-refractivity contribution in [2.24, 2.45) is 0 Å². The Bertz CT molecular complexity index is 1300. The van der Waals surface area contributed by atoms with Gasteiger partial charge in [0.2, 0.25) is 0 Å². The van der Waals surface area contributed by atoms with E-state index in [0.717, 1.165) is 38.9 Å². The highest BCUT2D eigenvalue weighted by Crippen LogP contribution is 2.28. The average Bonchev–Trinajstić information content (AvgIpc) is 3.42. The molecule has 0 amide bonds. The van der Waals surface area contributed by atoms with Crippen LogP contribution in [-0.4, -0.2) is 36.9 Å². The summed E-state index contributed by atoms with van der Waals surface area (Å²) in [6.07, 6.45) is 0. The summed E-state index contributed by atoms with van der Waals surface area (Å²) in [4.78, 5) is 0. The summed E-state index contributed by atoms with van der Waals surface area (Å²) in [5, 5.41) is 18.3. The van der Waals surface area contributed by atoms with E-state index in [2.05, 4.69) is 26.6 Å². The lowest BCUT2D eigenvalue weighted by molar-refractivity contribution is 0.414. The van der Waals surface area contributed by atoms with Crippen molar-refractivity contribution in [2.75, 3.05) is 7.11 Å². The van der Waals surface area contributed by atoms with E-state index in [4.69, 9.17) is 4.74 Å². The molecule has 30 heavy (non-hydrogen) atoms. The molecular weight excluding hydrogens is 396 g/mol. The number of fused-ring (bicyclic) bond motifs is 1. The van der Waals surface area contributed by atoms with Gasteiger partial charge in [-0.15, -0.1) is 15.3 Å². The highest BCUT2D eigenvalue weighted by Gasteiger charge is 2.19. The van der Waals surface area contributed by atoms with Gasteiger partial charge in [-0.25, -0.2) is 0 Å². The minimum Gasteiger partial charge on any atom is -0.497 e. The molecule has 7 nitrogen and oxygen atoms in total. The van der Waals surface area contributed by atoms with E-state index in [-0.39, 0.29) is 0 Å². The number of methoxy groups -OCH3 is 1. The van der Waals surface area contributed by atoms with Crippen molar-refractivity contribution in [2.45, 2.75) is 10.9 Å². The first-order valence-electron chi connectivity index (χ1n) is 9.41. The highest BCUT2D eigenvalue weighted by atomic mass is 32.2. The summed E-state index contributed by atoms with van der Waals surface area (Å²) < 4.78 is 9.07. The van der Waals surface area contributed by atoms with E-state index < -0.39 is 0 Å². The molecule has 0 aliphatic heterocycles. The smallest absolute Gasteiger partial charge is 0.259 e. The van der Waals surface area contributed by atoms with Crippen molar-refractivity contribution in [3.05, 3.63) is 84.4 Å².